The van der Waals surface area contributed by atoms with Gasteiger partial charge >= 0.3 is 17.8 Å². The zero-order valence-electron chi connectivity index (χ0n) is 17.6. The van der Waals surface area contributed by atoms with E-state index in [9.17, 15) is 19.5 Å². The van der Waals surface area contributed by atoms with Crippen LogP contribution in [-0.2, 0) is 25.5 Å². The number of aliphatic hydroxyl groups is 1. The van der Waals surface area contributed by atoms with Crippen molar-refractivity contribution in [1.82, 2.24) is 5.32 Å². The first kappa shape index (κ1) is 24.4. The molecular weight excluding hydrogens is 422 g/mol. The van der Waals surface area contributed by atoms with Crippen molar-refractivity contribution in [3.8, 4) is 11.1 Å². The maximum atomic E-state index is 12.2. The van der Waals surface area contributed by atoms with Crippen molar-refractivity contribution in [2.75, 3.05) is 0 Å². The molecule has 0 aliphatic carbocycles. The van der Waals surface area contributed by atoms with Crippen LogP contribution in [0, 0.1) is 0 Å². The van der Waals surface area contributed by atoms with E-state index in [1.165, 1.54) is 0 Å². The monoisotopic (exact) mass is 447 g/mol. The standard InChI is InChI=1S/C23H26ClNO6/c1-23(2,3)31-22(30)20(27)25-16(13-19(26)21(28)29)11-14-9-10-17(18(24)12-14)15-7-5-4-6-8-15/h4-10,12,16,19,26H,11,13H2,1-3H3,(H,25,27)(H,28,29)/t16-,19-/m1/s1. The highest BCUT2D eigenvalue weighted by molar-refractivity contribution is 6.33. The van der Waals surface area contributed by atoms with Crippen LogP contribution < -0.4 is 5.32 Å². The van der Waals surface area contributed by atoms with Gasteiger partial charge in [-0.3, -0.25) is 4.79 Å². The van der Waals surface area contributed by atoms with E-state index >= 15 is 0 Å². The first-order valence-corrected chi connectivity index (χ1v) is 10.1. The second kappa shape index (κ2) is 10.4. The van der Waals surface area contributed by atoms with E-state index in [4.69, 9.17) is 21.4 Å². The number of hydrogen-bond donors (Lipinski definition) is 3. The maximum Gasteiger partial charge on any atom is 0.397 e. The molecule has 31 heavy (non-hydrogen) atoms. The summed E-state index contributed by atoms with van der Waals surface area (Å²) >= 11 is 6.43. The first-order chi connectivity index (χ1) is 14.5. The van der Waals surface area contributed by atoms with Crippen LogP contribution >= 0.6 is 11.6 Å². The van der Waals surface area contributed by atoms with Crippen molar-refractivity contribution in [3.05, 3.63) is 59.1 Å². The number of amides is 1. The molecule has 0 unspecified atom stereocenters. The summed E-state index contributed by atoms with van der Waals surface area (Å²) in [4.78, 5) is 35.3. The van der Waals surface area contributed by atoms with Gasteiger partial charge in [-0.1, -0.05) is 54.1 Å². The van der Waals surface area contributed by atoms with Crippen molar-refractivity contribution in [2.45, 2.75) is 51.4 Å². The topological polar surface area (TPSA) is 113 Å². The molecule has 0 radical (unpaired) electrons. The smallest absolute Gasteiger partial charge is 0.397 e. The van der Waals surface area contributed by atoms with Gasteiger partial charge in [-0.05, 0) is 44.4 Å². The Bertz CT molecular complexity index is 939. The minimum Gasteiger partial charge on any atom is -0.479 e. The van der Waals surface area contributed by atoms with Crippen molar-refractivity contribution < 1.29 is 29.3 Å². The first-order valence-electron chi connectivity index (χ1n) is 9.75. The second-order valence-corrected chi connectivity index (χ2v) is 8.55. The van der Waals surface area contributed by atoms with Crippen LogP contribution in [0.4, 0.5) is 0 Å². The van der Waals surface area contributed by atoms with Crippen molar-refractivity contribution >= 4 is 29.4 Å². The normalized spacial score (nSPS) is 13.2. The lowest BCUT2D eigenvalue weighted by Crippen LogP contribution is -2.45. The third-order valence-electron chi connectivity index (χ3n) is 4.31. The molecule has 0 spiro atoms. The molecule has 2 aromatic carbocycles. The fourth-order valence-electron chi connectivity index (χ4n) is 2.95. The number of carbonyl (C=O) groups excluding carboxylic acids is 2. The van der Waals surface area contributed by atoms with Crippen LogP contribution in [0.2, 0.25) is 5.02 Å². The van der Waals surface area contributed by atoms with E-state index in [0.29, 0.717) is 10.6 Å². The minimum atomic E-state index is -1.71. The Labute approximate surface area is 186 Å². The van der Waals surface area contributed by atoms with Gasteiger partial charge in [-0.15, -0.1) is 0 Å². The molecule has 0 aliphatic heterocycles. The van der Waals surface area contributed by atoms with Gasteiger partial charge in [0.1, 0.15) is 5.60 Å². The Morgan fingerprint density at radius 3 is 2.29 bits per heavy atom. The van der Waals surface area contributed by atoms with Gasteiger partial charge in [0, 0.05) is 23.0 Å². The van der Waals surface area contributed by atoms with Crippen LogP contribution in [0.15, 0.2) is 48.5 Å². The van der Waals surface area contributed by atoms with Gasteiger partial charge in [0.15, 0.2) is 6.10 Å². The summed E-state index contributed by atoms with van der Waals surface area (Å²) in [6.07, 6.45) is -1.83. The fourth-order valence-corrected chi connectivity index (χ4v) is 3.27. The summed E-state index contributed by atoms with van der Waals surface area (Å²) in [5, 5.41) is 21.7. The van der Waals surface area contributed by atoms with E-state index in [1.807, 2.05) is 36.4 Å². The third kappa shape index (κ3) is 7.70. The number of carbonyl (C=O) groups is 3. The number of carboxylic acid groups (broad SMARTS) is 1. The summed E-state index contributed by atoms with van der Waals surface area (Å²) in [6.45, 7) is 4.88. The zero-order chi connectivity index (χ0) is 23.2. The molecule has 1 amide bonds. The zero-order valence-corrected chi connectivity index (χ0v) is 18.3. The average molecular weight is 448 g/mol. The molecule has 2 atom stereocenters. The van der Waals surface area contributed by atoms with E-state index in [0.717, 1.165) is 11.1 Å². The SMILES string of the molecule is CC(C)(C)OC(=O)C(=O)N[C@H](Cc1ccc(-c2ccccc2)c(Cl)c1)C[C@@H](O)C(=O)O. The molecule has 0 fully saturated rings. The summed E-state index contributed by atoms with van der Waals surface area (Å²) in [5.41, 5.74) is 1.61. The Balaban J connectivity index is 2.19. The molecule has 3 N–H and O–H groups in total. The number of ether oxygens (including phenoxy) is 1. The van der Waals surface area contributed by atoms with Crippen molar-refractivity contribution in [3.63, 3.8) is 0 Å². The molecule has 2 rings (SSSR count). The molecule has 0 saturated carbocycles. The Kier molecular flexibility index (Phi) is 8.19. The number of halogens is 1. The number of esters is 1. The predicted molar refractivity (Wildman–Crippen MR) is 117 cm³/mol. The quantitative estimate of drug-likeness (QED) is 0.443. The highest BCUT2D eigenvalue weighted by atomic mass is 35.5. The van der Waals surface area contributed by atoms with Gasteiger partial charge in [0.2, 0.25) is 0 Å². The van der Waals surface area contributed by atoms with E-state index < -0.39 is 35.6 Å². The molecular formula is C23H26ClNO6. The number of aliphatic carboxylic acids is 1. The molecule has 0 heterocycles. The van der Waals surface area contributed by atoms with Crippen LogP contribution in [0.3, 0.4) is 0 Å². The lowest BCUT2D eigenvalue weighted by atomic mass is 9.97. The molecule has 2 aromatic rings. The Hall–Kier alpha value is -2.90. The lowest BCUT2D eigenvalue weighted by Gasteiger charge is -2.23. The molecule has 0 aliphatic rings. The predicted octanol–water partition coefficient (Wildman–Crippen LogP) is 3.21. The number of hydrogen-bond acceptors (Lipinski definition) is 5. The van der Waals surface area contributed by atoms with Gasteiger partial charge in [0.25, 0.3) is 0 Å². The van der Waals surface area contributed by atoms with Crippen molar-refractivity contribution in [1.29, 1.82) is 0 Å². The highest BCUT2D eigenvalue weighted by Crippen LogP contribution is 2.29. The Morgan fingerprint density at radius 1 is 1.10 bits per heavy atom. The number of rotatable bonds is 7. The van der Waals surface area contributed by atoms with E-state index in [-0.39, 0.29) is 12.8 Å². The highest BCUT2D eigenvalue weighted by Gasteiger charge is 2.27. The maximum absolute atomic E-state index is 12.2. The van der Waals surface area contributed by atoms with Crippen LogP contribution in [0.1, 0.15) is 32.8 Å². The fraction of sp³-hybridized carbons (Fsp3) is 0.348. The molecule has 0 bridgehead atoms. The Morgan fingerprint density at radius 2 is 1.74 bits per heavy atom. The molecule has 166 valence electrons. The summed E-state index contributed by atoms with van der Waals surface area (Å²) in [5.74, 6) is -3.52. The van der Waals surface area contributed by atoms with Gasteiger partial charge in [-0.25, -0.2) is 9.59 Å². The summed E-state index contributed by atoms with van der Waals surface area (Å²) in [7, 11) is 0. The van der Waals surface area contributed by atoms with Gasteiger partial charge < -0.3 is 20.3 Å². The van der Waals surface area contributed by atoms with Crippen LogP contribution in [-0.4, -0.2) is 45.8 Å². The molecule has 0 saturated heterocycles. The van der Waals surface area contributed by atoms with E-state index in [1.54, 1.807) is 32.9 Å². The minimum absolute atomic E-state index is 0.160. The second-order valence-electron chi connectivity index (χ2n) is 8.15. The number of carboxylic acids is 1. The van der Waals surface area contributed by atoms with Crippen LogP contribution in [0.5, 0.6) is 0 Å². The number of aliphatic hydroxyl groups excluding tert-OH is 1. The largest absolute Gasteiger partial charge is 0.479 e. The van der Waals surface area contributed by atoms with E-state index in [2.05, 4.69) is 5.32 Å². The molecule has 8 heteroatoms. The number of benzene rings is 2. The summed E-state index contributed by atoms with van der Waals surface area (Å²) < 4.78 is 5.04. The lowest BCUT2D eigenvalue weighted by molar-refractivity contribution is -0.163. The van der Waals surface area contributed by atoms with Gasteiger partial charge in [0.05, 0.1) is 0 Å². The summed E-state index contributed by atoms with van der Waals surface area (Å²) in [6, 6.07) is 14.1. The van der Waals surface area contributed by atoms with Crippen molar-refractivity contribution in [2.24, 2.45) is 0 Å². The molecule has 7 nitrogen and oxygen atoms in total. The third-order valence-corrected chi connectivity index (χ3v) is 4.63. The molecule has 0 aromatic heterocycles. The number of nitrogens with one attached hydrogen (secondary N) is 1. The van der Waals surface area contributed by atoms with Gasteiger partial charge in [-0.2, -0.15) is 0 Å². The van der Waals surface area contributed by atoms with Crippen LogP contribution in [0.25, 0.3) is 11.1 Å². The average Bonchev–Trinajstić information content (AvgIpc) is 2.67.